The molecule has 0 bridgehead atoms. The van der Waals surface area contributed by atoms with E-state index in [1.807, 2.05) is 18.2 Å². The molecule has 0 spiro atoms. The van der Waals surface area contributed by atoms with E-state index < -0.39 is 18.5 Å². The van der Waals surface area contributed by atoms with Gasteiger partial charge in [0.2, 0.25) is 0 Å². The first-order valence-electron chi connectivity index (χ1n) is 6.97. The molecule has 0 amide bonds. The number of hydrogen-bond donors (Lipinski definition) is 2. The van der Waals surface area contributed by atoms with Crippen LogP contribution in [0.3, 0.4) is 0 Å². The summed E-state index contributed by atoms with van der Waals surface area (Å²) in [5, 5.41) is 12.6. The van der Waals surface area contributed by atoms with E-state index in [-0.39, 0.29) is 18.2 Å². The number of aromatic nitrogens is 2. The highest BCUT2D eigenvalue weighted by Crippen LogP contribution is 2.31. The van der Waals surface area contributed by atoms with Gasteiger partial charge in [0.1, 0.15) is 0 Å². The van der Waals surface area contributed by atoms with E-state index in [2.05, 4.69) is 5.10 Å². The van der Waals surface area contributed by atoms with Gasteiger partial charge in [0.25, 0.3) is 0 Å². The van der Waals surface area contributed by atoms with Crippen molar-refractivity contribution >= 4 is 0 Å². The number of hydrogen-bond acceptors (Lipinski definition) is 3. The van der Waals surface area contributed by atoms with Crippen molar-refractivity contribution in [3.63, 3.8) is 0 Å². The van der Waals surface area contributed by atoms with Crippen LogP contribution in [0.2, 0.25) is 0 Å². The highest BCUT2D eigenvalue weighted by atomic mass is 19.4. The van der Waals surface area contributed by atoms with Gasteiger partial charge in [-0.2, -0.15) is 18.3 Å². The van der Waals surface area contributed by atoms with Gasteiger partial charge in [-0.25, -0.2) is 0 Å². The SMILES string of the molecule is NC1Cc2ccc(Cn3cc(CO)c(C(F)(F)F)n3)cc2C1. The number of fused-ring (bicyclic) bond motifs is 1. The number of alkyl halides is 3. The molecule has 1 unspecified atom stereocenters. The number of aliphatic hydroxyl groups is 1. The molecule has 1 aliphatic rings. The Morgan fingerprint density at radius 1 is 1.27 bits per heavy atom. The molecule has 0 radical (unpaired) electrons. The Morgan fingerprint density at radius 3 is 2.64 bits per heavy atom. The maximum atomic E-state index is 12.8. The van der Waals surface area contributed by atoms with Crippen molar-refractivity contribution < 1.29 is 18.3 Å². The fourth-order valence-corrected chi connectivity index (χ4v) is 2.89. The normalized spacial score (nSPS) is 17.8. The van der Waals surface area contributed by atoms with Crippen molar-refractivity contribution in [2.45, 2.75) is 38.2 Å². The molecule has 0 saturated heterocycles. The van der Waals surface area contributed by atoms with Gasteiger partial charge in [0.05, 0.1) is 13.2 Å². The summed E-state index contributed by atoms with van der Waals surface area (Å²) in [4.78, 5) is 0. The van der Waals surface area contributed by atoms with Crippen LogP contribution in [0.15, 0.2) is 24.4 Å². The van der Waals surface area contributed by atoms with Crippen LogP contribution in [0.5, 0.6) is 0 Å². The van der Waals surface area contributed by atoms with Crippen LogP contribution >= 0.6 is 0 Å². The molecule has 2 aromatic rings. The number of nitrogens with two attached hydrogens (primary N) is 1. The van der Waals surface area contributed by atoms with E-state index in [0.717, 1.165) is 24.0 Å². The zero-order valence-corrected chi connectivity index (χ0v) is 11.8. The van der Waals surface area contributed by atoms with Crippen LogP contribution in [0, 0.1) is 0 Å². The average molecular weight is 311 g/mol. The minimum Gasteiger partial charge on any atom is -0.392 e. The minimum absolute atomic E-state index is 0.118. The Morgan fingerprint density at radius 2 is 2.00 bits per heavy atom. The third-order valence-corrected chi connectivity index (χ3v) is 3.86. The molecule has 1 aliphatic carbocycles. The maximum absolute atomic E-state index is 12.8. The molecule has 0 fully saturated rings. The first kappa shape index (κ1) is 15.1. The largest absolute Gasteiger partial charge is 0.435 e. The standard InChI is InChI=1S/C15H16F3N3O/c16-15(17,18)14-12(8-22)7-21(20-14)6-9-1-2-10-4-13(19)5-11(10)3-9/h1-3,7,13,22H,4-6,8,19H2. The molecule has 118 valence electrons. The van der Waals surface area contributed by atoms with Gasteiger partial charge in [-0.15, -0.1) is 0 Å². The van der Waals surface area contributed by atoms with Crippen molar-refractivity contribution in [1.29, 1.82) is 0 Å². The first-order chi connectivity index (χ1) is 10.4. The Kier molecular flexibility index (Phi) is 3.70. The fourth-order valence-electron chi connectivity index (χ4n) is 2.89. The lowest BCUT2D eigenvalue weighted by Gasteiger charge is -2.06. The number of nitrogens with zero attached hydrogens (tertiary/aromatic N) is 2. The maximum Gasteiger partial charge on any atom is 0.435 e. The topological polar surface area (TPSA) is 64.1 Å². The minimum atomic E-state index is -4.56. The number of rotatable bonds is 3. The first-order valence-corrected chi connectivity index (χ1v) is 6.97. The second-order valence-electron chi connectivity index (χ2n) is 5.63. The Bertz CT molecular complexity index is 694. The zero-order valence-electron chi connectivity index (χ0n) is 11.8. The summed E-state index contributed by atoms with van der Waals surface area (Å²) in [7, 11) is 0. The molecule has 3 rings (SSSR count). The summed E-state index contributed by atoms with van der Waals surface area (Å²) >= 11 is 0. The molecule has 1 aromatic heterocycles. The van der Waals surface area contributed by atoms with Crippen LogP contribution in [-0.4, -0.2) is 20.9 Å². The highest BCUT2D eigenvalue weighted by molar-refractivity contribution is 5.37. The summed E-state index contributed by atoms with van der Waals surface area (Å²) in [6, 6.07) is 5.94. The monoisotopic (exact) mass is 311 g/mol. The molecule has 0 saturated carbocycles. The zero-order chi connectivity index (χ0) is 15.9. The van der Waals surface area contributed by atoms with Crippen molar-refractivity contribution in [2.24, 2.45) is 5.73 Å². The van der Waals surface area contributed by atoms with Gasteiger partial charge in [-0.3, -0.25) is 4.68 Å². The van der Waals surface area contributed by atoms with E-state index in [1.54, 1.807) is 0 Å². The summed E-state index contributed by atoms with van der Waals surface area (Å²) in [5.41, 5.74) is 7.88. The van der Waals surface area contributed by atoms with E-state index in [1.165, 1.54) is 16.4 Å². The van der Waals surface area contributed by atoms with Crippen molar-refractivity contribution in [3.8, 4) is 0 Å². The molecule has 1 heterocycles. The lowest BCUT2D eigenvalue weighted by Crippen LogP contribution is -2.18. The molecule has 4 nitrogen and oxygen atoms in total. The smallest absolute Gasteiger partial charge is 0.392 e. The summed E-state index contributed by atoms with van der Waals surface area (Å²) < 4.78 is 39.6. The van der Waals surface area contributed by atoms with Gasteiger partial charge in [0, 0.05) is 17.8 Å². The van der Waals surface area contributed by atoms with Crippen molar-refractivity contribution in [2.75, 3.05) is 0 Å². The molecule has 0 aliphatic heterocycles. The van der Waals surface area contributed by atoms with Gasteiger partial charge >= 0.3 is 6.18 Å². The molecule has 22 heavy (non-hydrogen) atoms. The van der Waals surface area contributed by atoms with Gasteiger partial charge in [0.15, 0.2) is 5.69 Å². The third-order valence-electron chi connectivity index (χ3n) is 3.86. The predicted octanol–water partition coefficient (Wildman–Crippen LogP) is 1.87. The Hall–Kier alpha value is -1.86. The molecular weight excluding hydrogens is 295 g/mol. The molecule has 1 aromatic carbocycles. The molecular formula is C15H16F3N3O. The van der Waals surface area contributed by atoms with Crippen LogP contribution in [0.25, 0.3) is 0 Å². The number of aliphatic hydroxyl groups excluding tert-OH is 1. The van der Waals surface area contributed by atoms with E-state index >= 15 is 0 Å². The number of halogens is 3. The van der Waals surface area contributed by atoms with Crippen LogP contribution in [0.1, 0.15) is 27.9 Å². The summed E-state index contributed by atoms with van der Waals surface area (Å²) in [6.07, 6.45) is -1.70. The van der Waals surface area contributed by atoms with Crippen molar-refractivity contribution in [3.05, 3.63) is 52.3 Å². The second-order valence-corrected chi connectivity index (χ2v) is 5.63. The second kappa shape index (κ2) is 5.40. The predicted molar refractivity (Wildman–Crippen MR) is 74.1 cm³/mol. The van der Waals surface area contributed by atoms with Gasteiger partial charge in [-0.05, 0) is 29.5 Å². The molecule has 3 N–H and O–H groups in total. The van der Waals surface area contributed by atoms with Crippen LogP contribution in [-0.2, 0) is 32.2 Å². The Balaban J connectivity index is 1.85. The van der Waals surface area contributed by atoms with E-state index in [9.17, 15) is 13.2 Å². The van der Waals surface area contributed by atoms with Crippen LogP contribution in [0.4, 0.5) is 13.2 Å². The fraction of sp³-hybridized carbons (Fsp3) is 0.400. The Labute approximate surface area is 125 Å². The van der Waals surface area contributed by atoms with E-state index in [4.69, 9.17) is 10.8 Å². The summed E-state index contributed by atoms with van der Waals surface area (Å²) in [6.45, 7) is -0.459. The average Bonchev–Trinajstić information content (AvgIpc) is 3.00. The van der Waals surface area contributed by atoms with Gasteiger partial charge < -0.3 is 10.8 Å². The third kappa shape index (κ3) is 2.86. The molecule has 7 heteroatoms. The van der Waals surface area contributed by atoms with Crippen LogP contribution < -0.4 is 5.73 Å². The lowest BCUT2D eigenvalue weighted by molar-refractivity contribution is -0.142. The summed E-state index contributed by atoms with van der Waals surface area (Å²) in [5.74, 6) is 0. The van der Waals surface area contributed by atoms with E-state index in [0.29, 0.717) is 0 Å². The lowest BCUT2D eigenvalue weighted by atomic mass is 10.1. The van der Waals surface area contributed by atoms with Gasteiger partial charge in [-0.1, -0.05) is 18.2 Å². The van der Waals surface area contributed by atoms with Crippen molar-refractivity contribution in [1.82, 2.24) is 9.78 Å². The number of benzene rings is 1. The highest BCUT2D eigenvalue weighted by Gasteiger charge is 2.36. The quantitative estimate of drug-likeness (QED) is 0.909. The molecule has 1 atom stereocenters.